The molecule has 0 radical (unpaired) electrons. The van der Waals surface area contributed by atoms with Gasteiger partial charge in [0.05, 0.1) is 12.0 Å². The topological polar surface area (TPSA) is 90.2 Å². The molecule has 1 aromatic heterocycles. The first-order valence-corrected chi connectivity index (χ1v) is 6.65. The summed E-state index contributed by atoms with van der Waals surface area (Å²) in [5.74, 6) is 1.53. The minimum Gasteiger partial charge on any atom is -0.476 e. The minimum atomic E-state index is -0.527. The van der Waals surface area contributed by atoms with Gasteiger partial charge in [-0.25, -0.2) is 4.98 Å². The highest BCUT2D eigenvalue weighted by Gasteiger charge is 2.25. The second kappa shape index (κ2) is 7.02. The maximum Gasteiger partial charge on any atom is 0.372 e. The first kappa shape index (κ1) is 16.1. The van der Waals surface area contributed by atoms with Crippen LogP contribution < -0.4 is 10.1 Å². The number of aromatic nitrogens is 2. The fourth-order valence-corrected chi connectivity index (χ4v) is 2.26. The standard InChI is InChI=1S/C13H22N4O3/c1-8(2)10(9(3)4)6-14-12-11(17(18)19)13(20-5)16-7-15-12/h7-10H,6H2,1-5H3,(H,14,15,16). The van der Waals surface area contributed by atoms with Crippen LogP contribution >= 0.6 is 0 Å². The van der Waals surface area contributed by atoms with Crippen LogP contribution in [-0.4, -0.2) is 28.5 Å². The number of nitro groups is 1. The van der Waals surface area contributed by atoms with Crippen LogP contribution in [0.25, 0.3) is 0 Å². The average Bonchev–Trinajstić information content (AvgIpc) is 2.37. The van der Waals surface area contributed by atoms with Crippen molar-refractivity contribution in [2.24, 2.45) is 17.8 Å². The first-order valence-electron chi connectivity index (χ1n) is 6.65. The van der Waals surface area contributed by atoms with Gasteiger partial charge in [-0.1, -0.05) is 27.7 Å². The van der Waals surface area contributed by atoms with Crippen molar-refractivity contribution >= 4 is 11.5 Å². The van der Waals surface area contributed by atoms with Crippen molar-refractivity contribution in [3.63, 3.8) is 0 Å². The Kier molecular flexibility index (Phi) is 5.66. The molecular weight excluding hydrogens is 260 g/mol. The Morgan fingerprint density at radius 1 is 1.30 bits per heavy atom. The van der Waals surface area contributed by atoms with Gasteiger partial charge >= 0.3 is 5.69 Å². The zero-order valence-corrected chi connectivity index (χ0v) is 12.6. The number of ether oxygens (including phenoxy) is 1. The van der Waals surface area contributed by atoms with Crippen LogP contribution in [-0.2, 0) is 0 Å². The Hall–Kier alpha value is -1.92. The highest BCUT2D eigenvalue weighted by atomic mass is 16.6. The van der Waals surface area contributed by atoms with E-state index in [1.807, 2.05) is 0 Å². The predicted molar refractivity (Wildman–Crippen MR) is 76.9 cm³/mol. The Balaban J connectivity index is 2.95. The predicted octanol–water partition coefficient (Wildman–Crippen LogP) is 2.73. The van der Waals surface area contributed by atoms with Crippen LogP contribution in [0.15, 0.2) is 6.33 Å². The Morgan fingerprint density at radius 2 is 1.90 bits per heavy atom. The second-order valence-electron chi connectivity index (χ2n) is 5.37. The van der Waals surface area contributed by atoms with E-state index in [4.69, 9.17) is 4.74 Å². The maximum absolute atomic E-state index is 11.1. The first-order chi connectivity index (χ1) is 9.38. The molecule has 1 N–H and O–H groups in total. The molecule has 0 fully saturated rings. The van der Waals surface area contributed by atoms with Gasteiger partial charge in [0, 0.05) is 6.54 Å². The minimum absolute atomic E-state index is 0.0295. The van der Waals surface area contributed by atoms with Crippen LogP contribution in [0, 0.1) is 27.9 Å². The molecule has 1 heterocycles. The number of hydrogen-bond acceptors (Lipinski definition) is 6. The third kappa shape index (κ3) is 3.79. The Bertz CT molecular complexity index is 455. The molecule has 0 aliphatic heterocycles. The summed E-state index contributed by atoms with van der Waals surface area (Å²) in [6.07, 6.45) is 1.26. The van der Waals surface area contributed by atoms with E-state index in [-0.39, 0.29) is 17.4 Å². The molecule has 0 saturated heterocycles. The summed E-state index contributed by atoms with van der Waals surface area (Å²) in [4.78, 5) is 18.3. The number of nitrogens with one attached hydrogen (secondary N) is 1. The van der Waals surface area contributed by atoms with Gasteiger partial charge in [0.15, 0.2) is 0 Å². The molecule has 1 rings (SSSR count). The summed E-state index contributed by atoms with van der Waals surface area (Å²) < 4.78 is 4.92. The highest BCUT2D eigenvalue weighted by molar-refractivity contribution is 5.61. The van der Waals surface area contributed by atoms with Gasteiger partial charge < -0.3 is 10.1 Å². The quantitative estimate of drug-likeness (QED) is 0.611. The van der Waals surface area contributed by atoms with Crippen molar-refractivity contribution in [3.05, 3.63) is 16.4 Å². The van der Waals surface area contributed by atoms with Gasteiger partial charge in [-0.2, -0.15) is 4.98 Å². The number of rotatable bonds is 7. The summed E-state index contributed by atoms with van der Waals surface area (Å²) in [5.41, 5.74) is -0.221. The second-order valence-corrected chi connectivity index (χ2v) is 5.37. The molecule has 0 aromatic carbocycles. The molecule has 20 heavy (non-hydrogen) atoms. The van der Waals surface area contributed by atoms with Crippen molar-refractivity contribution in [2.45, 2.75) is 27.7 Å². The lowest BCUT2D eigenvalue weighted by Crippen LogP contribution is -2.25. The lowest BCUT2D eigenvalue weighted by atomic mass is 9.85. The van der Waals surface area contributed by atoms with E-state index in [2.05, 4.69) is 43.0 Å². The molecule has 112 valence electrons. The number of nitrogens with zero attached hydrogens (tertiary/aromatic N) is 3. The fourth-order valence-electron chi connectivity index (χ4n) is 2.26. The Labute approximate surface area is 118 Å². The van der Waals surface area contributed by atoms with Gasteiger partial charge in [-0.3, -0.25) is 10.1 Å². The fraction of sp³-hybridized carbons (Fsp3) is 0.692. The van der Waals surface area contributed by atoms with E-state index in [0.717, 1.165) is 0 Å². The van der Waals surface area contributed by atoms with E-state index in [0.29, 0.717) is 24.3 Å². The normalized spacial score (nSPS) is 11.2. The Morgan fingerprint density at radius 3 is 2.35 bits per heavy atom. The highest BCUT2D eigenvalue weighted by Crippen LogP contribution is 2.31. The van der Waals surface area contributed by atoms with E-state index >= 15 is 0 Å². The summed E-state index contributed by atoms with van der Waals surface area (Å²) in [5, 5.41) is 14.2. The van der Waals surface area contributed by atoms with Crippen LogP contribution in [0.5, 0.6) is 5.88 Å². The molecular formula is C13H22N4O3. The smallest absolute Gasteiger partial charge is 0.372 e. The third-order valence-corrected chi connectivity index (χ3v) is 3.38. The van der Waals surface area contributed by atoms with Crippen molar-refractivity contribution < 1.29 is 9.66 Å². The summed E-state index contributed by atoms with van der Waals surface area (Å²) in [6, 6.07) is 0. The van der Waals surface area contributed by atoms with Gasteiger partial charge in [-0.05, 0) is 17.8 Å². The van der Waals surface area contributed by atoms with Crippen molar-refractivity contribution in [1.29, 1.82) is 0 Å². The monoisotopic (exact) mass is 282 g/mol. The molecule has 7 heteroatoms. The molecule has 0 bridgehead atoms. The number of anilines is 1. The average molecular weight is 282 g/mol. The molecule has 0 saturated carbocycles. The van der Waals surface area contributed by atoms with E-state index in [9.17, 15) is 10.1 Å². The lowest BCUT2D eigenvalue weighted by molar-refractivity contribution is -0.385. The maximum atomic E-state index is 11.1. The molecule has 0 atom stereocenters. The van der Waals surface area contributed by atoms with Gasteiger partial charge in [0.25, 0.3) is 5.88 Å². The van der Waals surface area contributed by atoms with Gasteiger partial charge in [0.2, 0.25) is 5.82 Å². The molecule has 0 spiro atoms. The van der Waals surface area contributed by atoms with E-state index < -0.39 is 4.92 Å². The molecule has 0 unspecified atom stereocenters. The van der Waals surface area contributed by atoms with Gasteiger partial charge in [0.1, 0.15) is 6.33 Å². The zero-order chi connectivity index (χ0) is 15.3. The largest absolute Gasteiger partial charge is 0.476 e. The molecule has 1 aromatic rings. The summed E-state index contributed by atoms with van der Waals surface area (Å²) in [6.45, 7) is 9.18. The molecule has 0 aliphatic carbocycles. The van der Waals surface area contributed by atoms with Crippen LogP contribution in [0.2, 0.25) is 0 Å². The molecule has 0 amide bonds. The molecule has 7 nitrogen and oxygen atoms in total. The lowest BCUT2D eigenvalue weighted by Gasteiger charge is -2.25. The van der Waals surface area contributed by atoms with E-state index in [1.165, 1.54) is 13.4 Å². The summed E-state index contributed by atoms with van der Waals surface area (Å²) >= 11 is 0. The zero-order valence-electron chi connectivity index (χ0n) is 12.6. The van der Waals surface area contributed by atoms with Gasteiger partial charge in [-0.15, -0.1) is 0 Å². The van der Waals surface area contributed by atoms with Crippen molar-refractivity contribution in [1.82, 2.24) is 9.97 Å². The van der Waals surface area contributed by atoms with Crippen LogP contribution in [0.4, 0.5) is 11.5 Å². The van der Waals surface area contributed by atoms with Crippen LogP contribution in [0.3, 0.4) is 0 Å². The van der Waals surface area contributed by atoms with Crippen molar-refractivity contribution in [2.75, 3.05) is 19.0 Å². The molecule has 0 aliphatic rings. The van der Waals surface area contributed by atoms with Crippen LogP contribution in [0.1, 0.15) is 27.7 Å². The van der Waals surface area contributed by atoms with E-state index in [1.54, 1.807) is 0 Å². The summed E-state index contributed by atoms with van der Waals surface area (Å²) in [7, 11) is 1.35. The van der Waals surface area contributed by atoms with Crippen molar-refractivity contribution in [3.8, 4) is 5.88 Å². The number of hydrogen-bond donors (Lipinski definition) is 1. The SMILES string of the molecule is COc1ncnc(NCC(C(C)C)C(C)C)c1[N+](=O)[O-]. The number of methoxy groups -OCH3 is 1. The third-order valence-electron chi connectivity index (χ3n) is 3.38.